The zero-order valence-corrected chi connectivity index (χ0v) is 18.8. The van der Waals surface area contributed by atoms with Crippen molar-refractivity contribution in [1.82, 2.24) is 15.1 Å². The number of alkyl halides is 3. The fourth-order valence-electron chi connectivity index (χ4n) is 2.95. The van der Waals surface area contributed by atoms with Crippen molar-refractivity contribution in [3.63, 3.8) is 0 Å². The molecule has 0 aliphatic rings. The molecule has 3 aromatic rings. The molecule has 1 aromatic heterocycles. The minimum absolute atomic E-state index is 0.0511. The van der Waals surface area contributed by atoms with Gasteiger partial charge in [0, 0.05) is 19.3 Å². The number of hydrogen-bond donors (Lipinski definition) is 2. The molecule has 2 aromatic carbocycles. The Morgan fingerprint density at radius 3 is 2.53 bits per heavy atom. The average molecular weight is 497 g/mol. The van der Waals surface area contributed by atoms with Crippen molar-refractivity contribution >= 4 is 29.1 Å². The maximum Gasteiger partial charge on any atom is 0.416 e. The van der Waals surface area contributed by atoms with Crippen LogP contribution in [0.5, 0.6) is 5.75 Å². The lowest BCUT2D eigenvalue weighted by Crippen LogP contribution is -2.27. The number of carbonyl (C=O) groups excluding carboxylic acids is 2. The van der Waals surface area contributed by atoms with Crippen molar-refractivity contribution in [3.05, 3.63) is 70.5 Å². The van der Waals surface area contributed by atoms with Crippen LogP contribution in [0.15, 0.2) is 48.7 Å². The Bertz CT molecular complexity index is 1200. The average Bonchev–Trinajstić information content (AvgIpc) is 3.23. The summed E-state index contributed by atoms with van der Waals surface area (Å²) in [5.41, 5.74) is -0.427. The van der Waals surface area contributed by atoms with Gasteiger partial charge in [-0.1, -0.05) is 17.7 Å². The first-order chi connectivity index (χ1) is 16.1. The first kappa shape index (κ1) is 25.1. The van der Waals surface area contributed by atoms with Gasteiger partial charge < -0.3 is 20.1 Å². The summed E-state index contributed by atoms with van der Waals surface area (Å²) in [6.07, 6.45) is -3.23. The number of methoxy groups -OCH3 is 2. The Morgan fingerprint density at radius 1 is 1.12 bits per heavy atom. The van der Waals surface area contributed by atoms with E-state index in [1.165, 1.54) is 50.7 Å². The van der Waals surface area contributed by atoms with Crippen LogP contribution in [0.3, 0.4) is 0 Å². The van der Waals surface area contributed by atoms with Gasteiger partial charge in [-0.3, -0.25) is 9.59 Å². The zero-order chi connectivity index (χ0) is 24.9. The molecule has 0 aliphatic heterocycles. The summed E-state index contributed by atoms with van der Waals surface area (Å²) >= 11 is 6.18. The monoisotopic (exact) mass is 496 g/mol. The molecule has 0 saturated heterocycles. The summed E-state index contributed by atoms with van der Waals surface area (Å²) in [6.45, 7) is 0.644. The van der Waals surface area contributed by atoms with Crippen LogP contribution < -0.4 is 15.4 Å². The maximum atomic E-state index is 13.0. The summed E-state index contributed by atoms with van der Waals surface area (Å²) in [7, 11) is 2.81. The van der Waals surface area contributed by atoms with Gasteiger partial charge in [-0.15, -0.1) is 0 Å². The predicted molar refractivity (Wildman–Crippen MR) is 119 cm³/mol. The molecule has 0 atom stereocenters. The summed E-state index contributed by atoms with van der Waals surface area (Å²) in [5, 5.41) is 9.41. The minimum atomic E-state index is -4.53. The van der Waals surface area contributed by atoms with Crippen LogP contribution in [0.4, 0.5) is 18.9 Å². The molecule has 2 amide bonds. The van der Waals surface area contributed by atoms with Gasteiger partial charge in [0.2, 0.25) is 0 Å². The lowest BCUT2D eigenvalue weighted by atomic mass is 10.2. The number of rotatable bonds is 8. The van der Waals surface area contributed by atoms with Gasteiger partial charge in [-0.25, -0.2) is 4.68 Å². The second-order valence-corrected chi connectivity index (χ2v) is 7.34. The molecule has 0 fully saturated rings. The number of halogens is 4. The van der Waals surface area contributed by atoms with Gasteiger partial charge in [-0.2, -0.15) is 18.3 Å². The van der Waals surface area contributed by atoms with Crippen LogP contribution in [0.25, 0.3) is 5.69 Å². The molecule has 0 bridgehead atoms. The number of amides is 2. The smallest absolute Gasteiger partial charge is 0.416 e. The largest absolute Gasteiger partial charge is 0.493 e. The highest BCUT2D eigenvalue weighted by Gasteiger charge is 2.31. The van der Waals surface area contributed by atoms with Crippen LogP contribution in [0.1, 0.15) is 26.4 Å². The number of benzene rings is 2. The molecule has 0 spiro atoms. The van der Waals surface area contributed by atoms with E-state index in [9.17, 15) is 22.8 Å². The van der Waals surface area contributed by atoms with Crippen molar-refractivity contribution in [2.75, 3.05) is 32.7 Å². The molecule has 8 nitrogen and oxygen atoms in total. The summed E-state index contributed by atoms with van der Waals surface area (Å²) < 4.78 is 50.3. The van der Waals surface area contributed by atoms with E-state index in [2.05, 4.69) is 15.7 Å². The van der Waals surface area contributed by atoms with Crippen molar-refractivity contribution in [2.45, 2.75) is 6.18 Å². The molecule has 180 valence electrons. The van der Waals surface area contributed by atoms with Gasteiger partial charge in [-0.05, 0) is 36.4 Å². The molecule has 0 aliphatic carbocycles. The third kappa shape index (κ3) is 5.86. The number of anilines is 1. The summed E-state index contributed by atoms with van der Waals surface area (Å²) in [5.74, 6) is -1.03. The molecule has 0 unspecified atom stereocenters. The van der Waals surface area contributed by atoms with E-state index in [1.54, 1.807) is 0 Å². The van der Waals surface area contributed by atoms with E-state index in [1.807, 2.05) is 0 Å². The molecule has 12 heteroatoms. The first-order valence-electron chi connectivity index (χ1n) is 9.83. The van der Waals surface area contributed by atoms with Crippen molar-refractivity contribution in [3.8, 4) is 11.4 Å². The molecule has 3 rings (SSSR count). The SMILES string of the molecule is COCCNC(=O)c1ccc(NC(=O)c2nn(-c3cccc(C(F)(F)F)c3)cc2OC)cc1Cl. The number of aromatic nitrogens is 2. The molecule has 0 saturated carbocycles. The van der Waals surface area contributed by atoms with E-state index in [4.69, 9.17) is 21.1 Å². The number of ether oxygens (including phenoxy) is 2. The number of nitrogens with zero attached hydrogens (tertiary/aromatic N) is 2. The second-order valence-electron chi connectivity index (χ2n) is 6.94. The van der Waals surface area contributed by atoms with E-state index in [0.717, 1.165) is 16.8 Å². The van der Waals surface area contributed by atoms with E-state index in [-0.39, 0.29) is 33.4 Å². The Hall–Kier alpha value is -3.57. The highest BCUT2D eigenvalue weighted by atomic mass is 35.5. The van der Waals surface area contributed by atoms with Crippen LogP contribution in [-0.2, 0) is 10.9 Å². The Morgan fingerprint density at radius 2 is 1.88 bits per heavy atom. The van der Waals surface area contributed by atoms with Crippen LogP contribution in [0.2, 0.25) is 5.02 Å². The van der Waals surface area contributed by atoms with Crippen LogP contribution in [-0.4, -0.2) is 49.0 Å². The quantitative estimate of drug-likeness (QED) is 0.456. The second kappa shape index (κ2) is 10.6. The first-order valence-corrected chi connectivity index (χ1v) is 10.2. The van der Waals surface area contributed by atoms with Crippen LogP contribution >= 0.6 is 11.6 Å². The van der Waals surface area contributed by atoms with E-state index in [0.29, 0.717) is 13.2 Å². The van der Waals surface area contributed by atoms with Gasteiger partial charge in [0.05, 0.1) is 41.8 Å². The lowest BCUT2D eigenvalue weighted by Gasteiger charge is -2.09. The Labute approximate surface area is 197 Å². The van der Waals surface area contributed by atoms with E-state index >= 15 is 0 Å². The fourth-order valence-corrected chi connectivity index (χ4v) is 3.22. The fraction of sp³-hybridized carbons (Fsp3) is 0.227. The van der Waals surface area contributed by atoms with Crippen molar-refractivity contribution in [1.29, 1.82) is 0 Å². The Kier molecular flexibility index (Phi) is 7.79. The number of hydrogen-bond acceptors (Lipinski definition) is 5. The topological polar surface area (TPSA) is 94.5 Å². The van der Waals surface area contributed by atoms with E-state index < -0.39 is 23.6 Å². The van der Waals surface area contributed by atoms with Gasteiger partial charge in [0.1, 0.15) is 0 Å². The highest BCUT2D eigenvalue weighted by molar-refractivity contribution is 6.34. The minimum Gasteiger partial charge on any atom is -0.493 e. The maximum absolute atomic E-state index is 13.0. The highest BCUT2D eigenvalue weighted by Crippen LogP contribution is 2.31. The molecule has 1 heterocycles. The molecular weight excluding hydrogens is 477 g/mol. The molecule has 0 radical (unpaired) electrons. The standard InChI is InChI=1S/C22H20ClF3N4O4/c1-33-9-8-27-20(31)16-7-6-14(11-17(16)23)28-21(32)19-18(34-2)12-30(29-19)15-5-3-4-13(10-15)22(24,25)26/h3-7,10-12H,8-9H2,1-2H3,(H,27,31)(H,28,32). The van der Waals surface area contributed by atoms with Crippen molar-refractivity contribution < 1.29 is 32.2 Å². The molecule has 34 heavy (non-hydrogen) atoms. The van der Waals surface area contributed by atoms with Crippen molar-refractivity contribution in [2.24, 2.45) is 0 Å². The zero-order valence-electron chi connectivity index (χ0n) is 18.1. The number of nitrogens with one attached hydrogen (secondary N) is 2. The third-order valence-electron chi connectivity index (χ3n) is 4.62. The number of carbonyl (C=O) groups is 2. The molecule has 2 N–H and O–H groups in total. The van der Waals surface area contributed by atoms with Gasteiger partial charge in [0.15, 0.2) is 11.4 Å². The van der Waals surface area contributed by atoms with Gasteiger partial charge >= 0.3 is 6.18 Å². The van der Waals surface area contributed by atoms with Gasteiger partial charge in [0.25, 0.3) is 11.8 Å². The normalized spacial score (nSPS) is 11.2. The summed E-state index contributed by atoms with van der Waals surface area (Å²) in [4.78, 5) is 25.0. The summed E-state index contributed by atoms with van der Waals surface area (Å²) in [6, 6.07) is 8.80. The Balaban J connectivity index is 1.80. The lowest BCUT2D eigenvalue weighted by molar-refractivity contribution is -0.137. The molecular formula is C22H20ClF3N4O4. The predicted octanol–water partition coefficient (Wildman–Crippen LogP) is 4.18. The third-order valence-corrected chi connectivity index (χ3v) is 4.93. The van der Waals surface area contributed by atoms with Crippen LogP contribution in [0, 0.1) is 0 Å².